The summed E-state index contributed by atoms with van der Waals surface area (Å²) in [6, 6.07) is 0. The van der Waals surface area contributed by atoms with E-state index in [0.717, 1.165) is 0 Å². The molecule has 0 aromatic heterocycles. The van der Waals surface area contributed by atoms with Crippen molar-refractivity contribution in [2.45, 2.75) is 19.3 Å². The van der Waals surface area contributed by atoms with Gasteiger partial charge in [-0.3, -0.25) is 0 Å². The van der Waals surface area contributed by atoms with Crippen molar-refractivity contribution in [1.29, 1.82) is 0 Å². The predicted molar refractivity (Wildman–Crippen MR) is 51.9 cm³/mol. The minimum Gasteiger partial charge on any atom is -0.368 e. The van der Waals surface area contributed by atoms with E-state index >= 15 is 0 Å². The van der Waals surface area contributed by atoms with E-state index < -0.39 is 28.1 Å². The fourth-order valence-corrected chi connectivity index (χ4v) is 3.00. The lowest BCUT2D eigenvalue weighted by atomic mass is 10.4. The van der Waals surface area contributed by atoms with Gasteiger partial charge in [0.25, 0.3) is 0 Å². The SMILES string of the molecule is CCOC1C=NP(F)(F)=NP(F)(F)=NC1F. The first-order chi connectivity index (χ1) is 7.26. The van der Waals surface area contributed by atoms with Crippen LogP contribution < -0.4 is 0 Å². The highest BCUT2D eigenvalue weighted by atomic mass is 31.3. The third-order valence-electron chi connectivity index (χ3n) is 1.45. The maximum absolute atomic E-state index is 13.1. The largest absolute Gasteiger partial charge is 0.420 e. The molecule has 1 heterocycles. The van der Waals surface area contributed by atoms with Crippen LogP contribution in [0.25, 0.3) is 0 Å². The van der Waals surface area contributed by atoms with Crippen LogP contribution in [0.5, 0.6) is 0 Å². The zero-order valence-electron chi connectivity index (χ0n) is 7.97. The van der Waals surface area contributed by atoms with E-state index in [2.05, 4.69) is 14.2 Å². The minimum absolute atomic E-state index is 0.0300. The van der Waals surface area contributed by atoms with Crippen LogP contribution in [0.3, 0.4) is 0 Å². The molecule has 0 spiro atoms. The number of rotatable bonds is 2. The van der Waals surface area contributed by atoms with Crippen LogP contribution in [0.15, 0.2) is 14.0 Å². The van der Waals surface area contributed by atoms with Crippen LogP contribution in [0, 0.1) is 0 Å². The molecule has 0 N–H and O–H groups in total. The molecule has 0 radical (unpaired) electrons. The summed E-state index contributed by atoms with van der Waals surface area (Å²) in [7, 11) is -11.1. The second-order valence-corrected chi connectivity index (χ2v) is 5.67. The average molecular weight is 283 g/mol. The molecule has 2 unspecified atom stereocenters. The van der Waals surface area contributed by atoms with E-state index in [1.807, 2.05) is 4.52 Å². The Kier molecular flexibility index (Phi) is 4.26. The van der Waals surface area contributed by atoms with Gasteiger partial charge in [0, 0.05) is 12.8 Å². The Labute approximate surface area is 88.6 Å². The third kappa shape index (κ3) is 3.96. The van der Waals surface area contributed by atoms with Gasteiger partial charge in [0.2, 0.25) is 6.30 Å². The number of halogens is 5. The molecule has 1 aliphatic rings. The van der Waals surface area contributed by atoms with Crippen molar-refractivity contribution >= 4 is 21.9 Å². The topological polar surface area (TPSA) is 46.3 Å². The normalized spacial score (nSPS) is 32.1. The standard InChI is InChI=1S/C5H8F5N3OP2/c1-2-14-4-3-11-15(7,8)13-16(9,10)12-5(4)6/h3-5H,2H2,1H3. The van der Waals surface area contributed by atoms with Gasteiger partial charge in [-0.15, -0.1) is 21.3 Å². The molecule has 1 aliphatic heterocycles. The van der Waals surface area contributed by atoms with Gasteiger partial charge < -0.3 is 4.74 Å². The van der Waals surface area contributed by atoms with E-state index in [1.165, 1.54) is 6.92 Å². The average Bonchev–Trinajstić information content (AvgIpc) is 2.07. The van der Waals surface area contributed by atoms with Gasteiger partial charge in [0.05, 0.1) is 0 Å². The summed E-state index contributed by atoms with van der Waals surface area (Å²) in [4.78, 5) is 0. The number of ether oxygens (including phenoxy) is 1. The Morgan fingerprint density at radius 3 is 2.44 bits per heavy atom. The van der Waals surface area contributed by atoms with E-state index in [1.54, 1.807) is 0 Å². The predicted octanol–water partition coefficient (Wildman–Crippen LogP) is 4.54. The van der Waals surface area contributed by atoms with Crippen molar-refractivity contribution in [3.63, 3.8) is 0 Å². The minimum atomic E-state index is -5.67. The summed E-state index contributed by atoms with van der Waals surface area (Å²) in [5.41, 5.74) is 0. The van der Waals surface area contributed by atoms with E-state index in [0.29, 0.717) is 6.21 Å². The lowest BCUT2D eigenvalue weighted by molar-refractivity contribution is 0.0556. The monoisotopic (exact) mass is 283 g/mol. The lowest BCUT2D eigenvalue weighted by Gasteiger charge is -2.16. The number of hydrogen-bond donors (Lipinski definition) is 0. The van der Waals surface area contributed by atoms with E-state index in [4.69, 9.17) is 0 Å². The molecule has 16 heavy (non-hydrogen) atoms. The van der Waals surface area contributed by atoms with Crippen LogP contribution in [-0.2, 0) is 4.74 Å². The Balaban J connectivity index is 3.17. The summed E-state index contributed by atoms with van der Waals surface area (Å²) in [6.45, 7) is 1.43. The molecule has 0 saturated heterocycles. The summed E-state index contributed by atoms with van der Waals surface area (Å²) < 4.78 is 75.6. The molecule has 94 valence electrons. The first-order valence-corrected chi connectivity index (χ1v) is 7.06. The number of nitrogens with zero attached hydrogens (tertiary/aromatic N) is 3. The zero-order valence-corrected chi connectivity index (χ0v) is 9.76. The maximum atomic E-state index is 13.1. The van der Waals surface area contributed by atoms with Crippen molar-refractivity contribution in [2.75, 3.05) is 6.61 Å². The summed E-state index contributed by atoms with van der Waals surface area (Å²) in [6.07, 6.45) is -3.60. The van der Waals surface area contributed by atoms with Gasteiger partial charge in [-0.25, -0.2) is 4.39 Å². The molecule has 2 atom stereocenters. The molecule has 0 bridgehead atoms. The molecule has 4 nitrogen and oxygen atoms in total. The second kappa shape index (κ2) is 4.94. The van der Waals surface area contributed by atoms with Crippen molar-refractivity contribution in [2.24, 2.45) is 14.0 Å². The van der Waals surface area contributed by atoms with Crippen molar-refractivity contribution < 1.29 is 25.9 Å². The molecule has 0 amide bonds. The highest BCUT2D eigenvalue weighted by Gasteiger charge is 2.33. The van der Waals surface area contributed by atoms with Crippen molar-refractivity contribution in [3.05, 3.63) is 0 Å². The van der Waals surface area contributed by atoms with Crippen LogP contribution in [-0.4, -0.2) is 25.2 Å². The zero-order chi connectivity index (χ0) is 12.4. The molecular formula is C5H8F5N3OP2. The number of alkyl halides is 1. The Bertz CT molecular complexity index is 388. The molecule has 0 aromatic rings. The number of hydrogen-bond acceptors (Lipinski definition) is 4. The first-order valence-electron chi connectivity index (χ1n) is 4.11. The molecule has 0 aromatic carbocycles. The fraction of sp³-hybridized carbons (Fsp3) is 0.800. The molecule has 0 fully saturated rings. The quantitative estimate of drug-likeness (QED) is 0.417. The van der Waals surface area contributed by atoms with Gasteiger partial charge in [-0.05, 0) is 6.92 Å². The van der Waals surface area contributed by atoms with Gasteiger partial charge >= 0.3 is 15.7 Å². The molecular weight excluding hydrogens is 275 g/mol. The van der Waals surface area contributed by atoms with Gasteiger partial charge in [0.15, 0.2) is 0 Å². The highest BCUT2D eigenvalue weighted by molar-refractivity contribution is 7.66. The molecule has 0 aliphatic carbocycles. The fourth-order valence-electron chi connectivity index (χ4n) is 0.906. The van der Waals surface area contributed by atoms with Gasteiger partial charge in [0.1, 0.15) is 6.10 Å². The second-order valence-electron chi connectivity index (χ2n) is 2.67. The first kappa shape index (κ1) is 13.8. The smallest absolute Gasteiger partial charge is 0.368 e. The highest BCUT2D eigenvalue weighted by Crippen LogP contribution is 2.69. The van der Waals surface area contributed by atoms with Gasteiger partial charge in [-0.1, -0.05) is 0 Å². The van der Waals surface area contributed by atoms with Crippen molar-refractivity contribution in [3.8, 4) is 0 Å². The van der Waals surface area contributed by atoms with Crippen LogP contribution >= 0.6 is 15.7 Å². The van der Waals surface area contributed by atoms with Gasteiger partial charge in [-0.2, -0.15) is 9.51 Å². The Morgan fingerprint density at radius 1 is 1.25 bits per heavy atom. The summed E-state index contributed by atoms with van der Waals surface area (Å²) in [5.74, 6) is 0. The van der Waals surface area contributed by atoms with E-state index in [-0.39, 0.29) is 6.61 Å². The summed E-state index contributed by atoms with van der Waals surface area (Å²) in [5, 5.41) is 0. The summed E-state index contributed by atoms with van der Waals surface area (Å²) >= 11 is 0. The van der Waals surface area contributed by atoms with E-state index in [9.17, 15) is 21.2 Å². The molecule has 0 saturated carbocycles. The van der Waals surface area contributed by atoms with Crippen LogP contribution in [0.4, 0.5) is 21.2 Å². The molecule has 1 rings (SSSR count). The Morgan fingerprint density at radius 2 is 1.88 bits per heavy atom. The van der Waals surface area contributed by atoms with Crippen LogP contribution in [0.1, 0.15) is 6.92 Å². The molecule has 11 heteroatoms. The van der Waals surface area contributed by atoms with Crippen LogP contribution in [0.2, 0.25) is 0 Å². The Hall–Kier alpha value is -0.260. The van der Waals surface area contributed by atoms with Crippen molar-refractivity contribution in [1.82, 2.24) is 0 Å². The third-order valence-corrected chi connectivity index (χ3v) is 4.08. The maximum Gasteiger partial charge on any atom is 0.420 e. The lowest BCUT2D eigenvalue weighted by Crippen LogP contribution is -2.25.